The van der Waals surface area contributed by atoms with Crippen molar-refractivity contribution in [3.05, 3.63) is 46.2 Å². The van der Waals surface area contributed by atoms with Crippen LogP contribution in [0.25, 0.3) is 0 Å². The zero-order valence-corrected chi connectivity index (χ0v) is 12.6. The minimum absolute atomic E-state index is 0.540. The van der Waals surface area contributed by atoms with Crippen LogP contribution in [0, 0.1) is 0 Å². The predicted molar refractivity (Wildman–Crippen MR) is 77.2 cm³/mol. The van der Waals surface area contributed by atoms with Crippen LogP contribution in [0.3, 0.4) is 0 Å². The van der Waals surface area contributed by atoms with Crippen molar-refractivity contribution in [2.24, 2.45) is 7.05 Å². The molecule has 0 radical (unpaired) electrons. The molecule has 0 fully saturated rings. The quantitative estimate of drug-likeness (QED) is 0.919. The van der Waals surface area contributed by atoms with Crippen molar-refractivity contribution in [1.82, 2.24) is 9.78 Å². The van der Waals surface area contributed by atoms with Gasteiger partial charge in [0, 0.05) is 29.7 Å². The van der Waals surface area contributed by atoms with Gasteiger partial charge in [0.05, 0.1) is 18.9 Å². The molecule has 1 N–H and O–H groups in total. The molecule has 0 amide bonds. The van der Waals surface area contributed by atoms with Gasteiger partial charge in [-0.3, -0.25) is 4.68 Å². The highest BCUT2D eigenvalue weighted by Crippen LogP contribution is 2.28. The average molecular weight is 325 g/mol. The first kappa shape index (κ1) is 14.1. The van der Waals surface area contributed by atoms with Gasteiger partial charge < -0.3 is 9.84 Å². The minimum Gasteiger partial charge on any atom is -0.493 e. The van der Waals surface area contributed by atoms with Gasteiger partial charge in [-0.1, -0.05) is 22.0 Å². The van der Waals surface area contributed by atoms with Crippen LogP contribution in [-0.2, 0) is 13.5 Å². The highest BCUT2D eigenvalue weighted by molar-refractivity contribution is 9.10. The van der Waals surface area contributed by atoms with Crippen molar-refractivity contribution < 1.29 is 9.84 Å². The molecule has 5 heteroatoms. The fourth-order valence-electron chi connectivity index (χ4n) is 1.86. The molecular weight excluding hydrogens is 308 g/mol. The number of hydrogen-bond donors (Lipinski definition) is 1. The molecule has 0 spiro atoms. The van der Waals surface area contributed by atoms with E-state index in [-0.39, 0.29) is 0 Å². The molecule has 1 aromatic heterocycles. The maximum atomic E-state index is 9.71. The normalized spacial score (nSPS) is 12.4. The maximum Gasteiger partial charge on any atom is 0.126 e. The third kappa shape index (κ3) is 3.81. The highest BCUT2D eigenvalue weighted by atomic mass is 79.9. The Morgan fingerprint density at radius 3 is 2.89 bits per heavy atom. The summed E-state index contributed by atoms with van der Waals surface area (Å²) in [5.74, 6) is 0.716. The summed E-state index contributed by atoms with van der Waals surface area (Å²) in [5, 5.41) is 13.8. The van der Waals surface area contributed by atoms with Crippen molar-refractivity contribution in [3.63, 3.8) is 0 Å². The Morgan fingerprint density at radius 1 is 1.47 bits per heavy atom. The van der Waals surface area contributed by atoms with Crippen LogP contribution < -0.4 is 4.74 Å². The van der Waals surface area contributed by atoms with E-state index in [1.807, 2.05) is 37.6 Å². The molecular formula is C14H17BrN2O2. The topological polar surface area (TPSA) is 47.3 Å². The molecule has 1 heterocycles. The average Bonchev–Trinajstić information content (AvgIpc) is 2.75. The summed E-state index contributed by atoms with van der Waals surface area (Å²) in [6, 6.07) is 5.65. The Hall–Kier alpha value is -1.33. The third-order valence-electron chi connectivity index (χ3n) is 2.83. The lowest BCUT2D eigenvalue weighted by atomic mass is 10.1. The van der Waals surface area contributed by atoms with Gasteiger partial charge >= 0.3 is 0 Å². The molecule has 19 heavy (non-hydrogen) atoms. The predicted octanol–water partition coefficient (Wildman–Crippen LogP) is 2.86. The van der Waals surface area contributed by atoms with Crippen molar-refractivity contribution in [1.29, 1.82) is 0 Å². The first-order valence-electron chi connectivity index (χ1n) is 6.14. The summed E-state index contributed by atoms with van der Waals surface area (Å²) in [4.78, 5) is 0. The smallest absolute Gasteiger partial charge is 0.126 e. The van der Waals surface area contributed by atoms with Gasteiger partial charge in [0.2, 0.25) is 0 Å². The van der Waals surface area contributed by atoms with Crippen molar-refractivity contribution in [2.45, 2.75) is 19.4 Å². The molecule has 4 nitrogen and oxygen atoms in total. The number of halogens is 1. The lowest BCUT2D eigenvalue weighted by Gasteiger charge is -2.13. The number of hydrogen-bond acceptors (Lipinski definition) is 3. The number of nitrogens with zero attached hydrogens (tertiary/aromatic N) is 2. The highest BCUT2D eigenvalue weighted by Gasteiger charge is 2.09. The van der Waals surface area contributed by atoms with Gasteiger partial charge in [0.15, 0.2) is 0 Å². The first-order chi connectivity index (χ1) is 9.06. The fraction of sp³-hybridized carbons (Fsp3) is 0.357. The number of aliphatic hydroxyl groups excluding tert-OH is 1. The van der Waals surface area contributed by atoms with E-state index >= 15 is 0 Å². The SMILES string of the molecule is CC(O)c1ccc(Br)cc1OCCc1cnn(C)c1. The molecule has 102 valence electrons. The standard InChI is InChI=1S/C14H17BrN2O2/c1-10(18)13-4-3-12(15)7-14(13)19-6-5-11-8-16-17(2)9-11/h3-4,7-10,18H,5-6H2,1-2H3. The molecule has 0 aliphatic rings. The molecule has 1 aromatic carbocycles. The third-order valence-corrected chi connectivity index (χ3v) is 3.33. The van der Waals surface area contributed by atoms with Crippen LogP contribution in [0.5, 0.6) is 5.75 Å². The van der Waals surface area contributed by atoms with E-state index in [0.717, 1.165) is 22.0 Å². The van der Waals surface area contributed by atoms with Crippen LogP contribution in [0.15, 0.2) is 35.1 Å². The lowest BCUT2D eigenvalue weighted by Crippen LogP contribution is -2.04. The first-order valence-corrected chi connectivity index (χ1v) is 6.93. The Bertz CT molecular complexity index is 552. The number of aliphatic hydroxyl groups is 1. The monoisotopic (exact) mass is 324 g/mol. The maximum absolute atomic E-state index is 9.71. The number of aryl methyl sites for hydroxylation is 1. The van der Waals surface area contributed by atoms with E-state index in [4.69, 9.17) is 4.74 Å². The van der Waals surface area contributed by atoms with E-state index < -0.39 is 6.10 Å². The van der Waals surface area contributed by atoms with E-state index in [0.29, 0.717) is 12.4 Å². The van der Waals surface area contributed by atoms with Crippen molar-refractivity contribution in [2.75, 3.05) is 6.61 Å². The lowest BCUT2D eigenvalue weighted by molar-refractivity contribution is 0.191. The summed E-state index contributed by atoms with van der Waals surface area (Å²) in [5.41, 5.74) is 1.94. The largest absolute Gasteiger partial charge is 0.493 e. The van der Waals surface area contributed by atoms with Crippen LogP contribution in [0.2, 0.25) is 0 Å². The zero-order valence-electron chi connectivity index (χ0n) is 11.0. The molecule has 2 aromatic rings. The van der Waals surface area contributed by atoms with Crippen LogP contribution in [0.4, 0.5) is 0 Å². The molecule has 0 aliphatic heterocycles. The summed E-state index contributed by atoms with van der Waals surface area (Å²) < 4.78 is 8.48. The minimum atomic E-state index is -0.540. The zero-order chi connectivity index (χ0) is 13.8. The second-order valence-corrected chi connectivity index (χ2v) is 5.39. The number of rotatable bonds is 5. The Labute approximate surface area is 121 Å². The molecule has 0 aliphatic carbocycles. The van der Waals surface area contributed by atoms with Crippen molar-refractivity contribution in [3.8, 4) is 5.75 Å². The second kappa shape index (κ2) is 6.21. The van der Waals surface area contributed by atoms with Gasteiger partial charge in [0.1, 0.15) is 5.75 Å². The summed E-state index contributed by atoms with van der Waals surface area (Å²) in [6.45, 7) is 2.29. The van der Waals surface area contributed by atoms with Gasteiger partial charge in [-0.25, -0.2) is 0 Å². The van der Waals surface area contributed by atoms with E-state index in [2.05, 4.69) is 21.0 Å². The molecule has 0 bridgehead atoms. The Morgan fingerprint density at radius 2 is 2.26 bits per heavy atom. The second-order valence-electron chi connectivity index (χ2n) is 4.48. The van der Waals surface area contributed by atoms with E-state index in [1.54, 1.807) is 11.6 Å². The number of benzene rings is 1. The summed E-state index contributed by atoms with van der Waals surface area (Å²) in [7, 11) is 1.89. The van der Waals surface area contributed by atoms with Gasteiger partial charge in [-0.15, -0.1) is 0 Å². The van der Waals surface area contributed by atoms with Crippen LogP contribution >= 0.6 is 15.9 Å². The molecule has 1 atom stereocenters. The molecule has 1 unspecified atom stereocenters. The van der Waals surface area contributed by atoms with E-state index in [9.17, 15) is 5.11 Å². The fourth-order valence-corrected chi connectivity index (χ4v) is 2.20. The number of ether oxygens (including phenoxy) is 1. The summed E-state index contributed by atoms with van der Waals surface area (Å²) in [6.07, 6.45) is 4.06. The molecule has 0 saturated carbocycles. The van der Waals surface area contributed by atoms with E-state index in [1.165, 1.54) is 0 Å². The summed E-state index contributed by atoms with van der Waals surface area (Å²) >= 11 is 3.41. The molecule has 2 rings (SSSR count). The van der Waals surface area contributed by atoms with Gasteiger partial charge in [-0.2, -0.15) is 5.10 Å². The van der Waals surface area contributed by atoms with Crippen molar-refractivity contribution >= 4 is 15.9 Å². The van der Waals surface area contributed by atoms with Gasteiger partial charge in [0.25, 0.3) is 0 Å². The Balaban J connectivity index is 2.00. The molecule has 0 saturated heterocycles. The number of aromatic nitrogens is 2. The van der Waals surface area contributed by atoms with Crippen LogP contribution in [-0.4, -0.2) is 21.5 Å². The van der Waals surface area contributed by atoms with Gasteiger partial charge in [-0.05, 0) is 24.6 Å². The Kier molecular flexibility index (Phi) is 4.61. The van der Waals surface area contributed by atoms with Crippen LogP contribution in [0.1, 0.15) is 24.2 Å².